The third kappa shape index (κ3) is 4.15. The smallest absolute Gasteiger partial charge is 0.0807 e. The standard InChI is InChI=1S/C20H30N4O2/c1-16-10-23(3)22-19(16)9-21-13-20(14-25)15-26-12-17(2)24(20)11-18-7-5-4-6-8-18/h4-8,10,17,21,25H,9,11-15H2,1-3H3/t17-,20+/m1/s1. The Bertz CT molecular complexity index is 703. The lowest BCUT2D eigenvalue weighted by Gasteiger charge is -2.49. The van der Waals surface area contributed by atoms with Gasteiger partial charge in [0, 0.05) is 38.9 Å². The van der Waals surface area contributed by atoms with Crippen LogP contribution < -0.4 is 5.32 Å². The van der Waals surface area contributed by atoms with Crippen molar-refractivity contribution in [2.24, 2.45) is 7.05 Å². The highest BCUT2D eigenvalue weighted by molar-refractivity contribution is 5.17. The summed E-state index contributed by atoms with van der Waals surface area (Å²) in [7, 11) is 1.93. The van der Waals surface area contributed by atoms with Gasteiger partial charge < -0.3 is 15.2 Å². The Morgan fingerprint density at radius 2 is 2.12 bits per heavy atom. The largest absolute Gasteiger partial charge is 0.394 e. The molecule has 2 heterocycles. The molecule has 0 saturated carbocycles. The zero-order valence-electron chi connectivity index (χ0n) is 16.0. The molecule has 1 aliphatic rings. The van der Waals surface area contributed by atoms with E-state index in [2.05, 4.69) is 53.4 Å². The molecule has 26 heavy (non-hydrogen) atoms. The molecule has 2 aromatic rings. The molecule has 1 saturated heterocycles. The maximum absolute atomic E-state index is 10.3. The van der Waals surface area contributed by atoms with Crippen LogP contribution in [0, 0.1) is 6.92 Å². The Balaban J connectivity index is 1.71. The summed E-state index contributed by atoms with van der Waals surface area (Å²) >= 11 is 0. The van der Waals surface area contributed by atoms with Gasteiger partial charge in [-0.1, -0.05) is 30.3 Å². The van der Waals surface area contributed by atoms with Gasteiger partial charge in [-0.05, 0) is 25.0 Å². The van der Waals surface area contributed by atoms with E-state index < -0.39 is 5.54 Å². The van der Waals surface area contributed by atoms with Crippen molar-refractivity contribution in [2.45, 2.75) is 38.5 Å². The third-order valence-corrected chi connectivity index (χ3v) is 5.22. The highest BCUT2D eigenvalue weighted by Gasteiger charge is 2.42. The molecule has 0 bridgehead atoms. The van der Waals surface area contributed by atoms with Crippen molar-refractivity contribution in [3.63, 3.8) is 0 Å². The van der Waals surface area contributed by atoms with E-state index in [9.17, 15) is 5.11 Å². The quantitative estimate of drug-likeness (QED) is 0.785. The molecule has 0 radical (unpaired) electrons. The van der Waals surface area contributed by atoms with Crippen LogP contribution in [-0.4, -0.2) is 57.7 Å². The van der Waals surface area contributed by atoms with Gasteiger partial charge in [0.05, 0.1) is 31.1 Å². The Labute approximate surface area is 155 Å². The van der Waals surface area contributed by atoms with E-state index in [4.69, 9.17) is 4.74 Å². The fourth-order valence-corrected chi connectivity index (χ4v) is 3.75. The van der Waals surface area contributed by atoms with Crippen molar-refractivity contribution in [2.75, 3.05) is 26.4 Å². The first-order chi connectivity index (χ1) is 12.5. The number of ether oxygens (including phenoxy) is 1. The molecular weight excluding hydrogens is 328 g/mol. The summed E-state index contributed by atoms with van der Waals surface area (Å²) in [6.07, 6.45) is 2.02. The van der Waals surface area contributed by atoms with E-state index >= 15 is 0 Å². The predicted octanol–water partition coefficient (Wildman–Crippen LogP) is 1.47. The van der Waals surface area contributed by atoms with Crippen LogP contribution in [0.5, 0.6) is 0 Å². The van der Waals surface area contributed by atoms with Crippen LogP contribution >= 0.6 is 0 Å². The minimum atomic E-state index is -0.434. The minimum Gasteiger partial charge on any atom is -0.394 e. The average Bonchev–Trinajstić information content (AvgIpc) is 2.96. The van der Waals surface area contributed by atoms with Gasteiger partial charge in [0.25, 0.3) is 0 Å². The maximum atomic E-state index is 10.3. The number of aromatic nitrogens is 2. The maximum Gasteiger partial charge on any atom is 0.0807 e. The SMILES string of the molecule is Cc1cn(C)nc1CNC[C@]1(CO)COC[C@@H](C)N1Cc1ccccc1. The van der Waals surface area contributed by atoms with Gasteiger partial charge >= 0.3 is 0 Å². The van der Waals surface area contributed by atoms with Gasteiger partial charge in [0.1, 0.15) is 0 Å². The van der Waals surface area contributed by atoms with Crippen LogP contribution in [0.25, 0.3) is 0 Å². The van der Waals surface area contributed by atoms with Crippen molar-refractivity contribution in [1.82, 2.24) is 20.0 Å². The zero-order valence-corrected chi connectivity index (χ0v) is 16.0. The summed E-state index contributed by atoms with van der Waals surface area (Å²) < 4.78 is 7.66. The second kappa shape index (κ2) is 8.31. The summed E-state index contributed by atoms with van der Waals surface area (Å²) in [5.41, 5.74) is 3.03. The van der Waals surface area contributed by atoms with E-state index in [1.807, 2.05) is 24.0 Å². The van der Waals surface area contributed by atoms with Crippen molar-refractivity contribution >= 4 is 0 Å². The number of rotatable bonds is 7. The lowest BCUT2D eigenvalue weighted by molar-refractivity contribution is -0.122. The number of nitrogens with one attached hydrogen (secondary N) is 1. The first-order valence-electron chi connectivity index (χ1n) is 9.23. The van der Waals surface area contributed by atoms with Crippen LogP contribution in [0.15, 0.2) is 36.5 Å². The third-order valence-electron chi connectivity index (χ3n) is 5.22. The van der Waals surface area contributed by atoms with Crippen LogP contribution in [-0.2, 0) is 24.9 Å². The Morgan fingerprint density at radius 3 is 2.77 bits per heavy atom. The molecule has 2 atom stereocenters. The summed E-state index contributed by atoms with van der Waals surface area (Å²) in [5, 5.41) is 18.3. The van der Waals surface area contributed by atoms with Crippen LogP contribution in [0.3, 0.4) is 0 Å². The van der Waals surface area contributed by atoms with E-state index in [-0.39, 0.29) is 12.6 Å². The first kappa shape index (κ1) is 19.0. The zero-order chi connectivity index (χ0) is 18.6. The fraction of sp³-hybridized carbons (Fsp3) is 0.550. The van der Waals surface area contributed by atoms with Crippen molar-refractivity contribution in [3.8, 4) is 0 Å². The van der Waals surface area contributed by atoms with E-state index in [0.29, 0.717) is 26.3 Å². The highest BCUT2D eigenvalue weighted by atomic mass is 16.5. The number of hydrogen-bond donors (Lipinski definition) is 2. The van der Waals surface area contributed by atoms with Gasteiger partial charge in [-0.25, -0.2) is 0 Å². The number of hydrogen-bond acceptors (Lipinski definition) is 5. The van der Waals surface area contributed by atoms with Gasteiger partial charge in [0.2, 0.25) is 0 Å². The molecule has 1 aromatic carbocycles. The van der Waals surface area contributed by atoms with Crippen molar-refractivity contribution in [3.05, 3.63) is 53.3 Å². The molecule has 0 aliphatic carbocycles. The lowest BCUT2D eigenvalue weighted by Crippen LogP contribution is -2.66. The number of benzene rings is 1. The number of morpholine rings is 1. The second-order valence-electron chi connectivity index (χ2n) is 7.40. The van der Waals surface area contributed by atoms with E-state index in [1.54, 1.807) is 0 Å². The number of aliphatic hydroxyl groups excluding tert-OH is 1. The minimum absolute atomic E-state index is 0.0539. The molecule has 0 amide bonds. The second-order valence-corrected chi connectivity index (χ2v) is 7.40. The number of aliphatic hydroxyl groups is 1. The molecule has 0 unspecified atom stereocenters. The molecule has 0 spiro atoms. The molecule has 1 aliphatic heterocycles. The van der Waals surface area contributed by atoms with Crippen LogP contribution in [0.4, 0.5) is 0 Å². The number of nitrogens with zero attached hydrogens (tertiary/aromatic N) is 3. The van der Waals surface area contributed by atoms with Gasteiger partial charge in [-0.2, -0.15) is 5.10 Å². The summed E-state index contributed by atoms with van der Waals surface area (Å²) in [6.45, 7) is 7.63. The summed E-state index contributed by atoms with van der Waals surface area (Å²) in [4.78, 5) is 2.38. The van der Waals surface area contributed by atoms with E-state index in [0.717, 1.165) is 12.2 Å². The Kier molecular flexibility index (Phi) is 6.09. The summed E-state index contributed by atoms with van der Waals surface area (Å²) in [5.74, 6) is 0. The Morgan fingerprint density at radius 1 is 1.35 bits per heavy atom. The van der Waals surface area contributed by atoms with E-state index in [1.165, 1.54) is 11.1 Å². The predicted molar refractivity (Wildman–Crippen MR) is 102 cm³/mol. The highest BCUT2D eigenvalue weighted by Crippen LogP contribution is 2.26. The molecule has 6 nitrogen and oxygen atoms in total. The van der Waals surface area contributed by atoms with Gasteiger partial charge in [-0.15, -0.1) is 0 Å². The summed E-state index contributed by atoms with van der Waals surface area (Å²) in [6, 6.07) is 10.7. The molecular formula is C20H30N4O2. The topological polar surface area (TPSA) is 62.6 Å². The lowest BCUT2D eigenvalue weighted by atomic mass is 9.94. The first-order valence-corrected chi connectivity index (χ1v) is 9.23. The molecule has 6 heteroatoms. The molecule has 142 valence electrons. The van der Waals surface area contributed by atoms with Crippen LogP contribution in [0.1, 0.15) is 23.7 Å². The fourth-order valence-electron chi connectivity index (χ4n) is 3.75. The Hall–Kier alpha value is -1.73. The van der Waals surface area contributed by atoms with Crippen molar-refractivity contribution in [1.29, 1.82) is 0 Å². The molecule has 1 fully saturated rings. The van der Waals surface area contributed by atoms with Gasteiger partial charge in [0.15, 0.2) is 0 Å². The average molecular weight is 358 g/mol. The number of aryl methyl sites for hydroxylation is 2. The van der Waals surface area contributed by atoms with Gasteiger partial charge in [-0.3, -0.25) is 9.58 Å². The molecule has 2 N–H and O–H groups in total. The monoisotopic (exact) mass is 358 g/mol. The molecule has 1 aromatic heterocycles. The molecule has 3 rings (SSSR count). The van der Waals surface area contributed by atoms with Crippen molar-refractivity contribution < 1.29 is 9.84 Å². The van der Waals surface area contributed by atoms with Crippen LogP contribution in [0.2, 0.25) is 0 Å². The normalized spacial score (nSPS) is 24.1.